The second-order valence-corrected chi connectivity index (χ2v) is 8.74. The lowest BCUT2D eigenvalue weighted by molar-refractivity contribution is -0.129. The van der Waals surface area contributed by atoms with E-state index in [1.165, 1.54) is 0 Å². The van der Waals surface area contributed by atoms with Crippen LogP contribution in [0.25, 0.3) is 0 Å². The van der Waals surface area contributed by atoms with Gasteiger partial charge in [0.05, 0.1) is 24.7 Å². The first-order valence-corrected chi connectivity index (χ1v) is 10.3. The van der Waals surface area contributed by atoms with Crippen molar-refractivity contribution < 1.29 is 14.3 Å². The van der Waals surface area contributed by atoms with Crippen molar-refractivity contribution in [2.24, 2.45) is 5.92 Å². The number of likely N-dealkylation sites (tertiary alicyclic amines) is 1. The van der Waals surface area contributed by atoms with Gasteiger partial charge in [-0.1, -0.05) is 28.1 Å². The first-order chi connectivity index (χ1) is 12.8. The van der Waals surface area contributed by atoms with Gasteiger partial charge in [0.25, 0.3) is 0 Å². The van der Waals surface area contributed by atoms with Gasteiger partial charge in [-0.2, -0.15) is 0 Å². The fourth-order valence-corrected chi connectivity index (χ4v) is 4.01. The Hall–Kier alpha value is -1.44. The van der Waals surface area contributed by atoms with Crippen molar-refractivity contribution in [3.8, 4) is 0 Å². The number of benzene rings is 1. The lowest BCUT2D eigenvalue weighted by atomic mass is 9.93. The van der Waals surface area contributed by atoms with E-state index in [1.807, 2.05) is 43.0 Å². The molecule has 3 rings (SSSR count). The number of halogens is 1. The van der Waals surface area contributed by atoms with Crippen LogP contribution < -0.4 is 5.32 Å². The van der Waals surface area contributed by atoms with Gasteiger partial charge in [-0.05, 0) is 31.5 Å². The highest BCUT2D eigenvalue weighted by Gasteiger charge is 2.36. The highest BCUT2D eigenvalue weighted by molar-refractivity contribution is 9.10. The molecule has 2 aliphatic rings. The highest BCUT2D eigenvalue weighted by atomic mass is 79.9. The Morgan fingerprint density at radius 2 is 2.04 bits per heavy atom. The molecular formula is C20H28BrN3O3. The third-order valence-corrected chi connectivity index (χ3v) is 5.85. The van der Waals surface area contributed by atoms with Crippen LogP contribution in [0.4, 0.5) is 0 Å². The van der Waals surface area contributed by atoms with Crippen LogP contribution in [0.3, 0.4) is 0 Å². The number of hydrogen-bond acceptors (Lipinski definition) is 4. The molecule has 2 amide bonds. The Bertz CT molecular complexity index is 689. The van der Waals surface area contributed by atoms with E-state index in [-0.39, 0.29) is 17.7 Å². The molecule has 0 spiro atoms. The molecule has 2 saturated heterocycles. The molecule has 1 unspecified atom stereocenters. The zero-order chi connectivity index (χ0) is 19.4. The van der Waals surface area contributed by atoms with Crippen molar-refractivity contribution in [2.45, 2.75) is 25.8 Å². The minimum atomic E-state index is -0.495. The molecule has 27 heavy (non-hydrogen) atoms. The first kappa shape index (κ1) is 20.3. The normalized spacial score (nSPS) is 21.5. The molecule has 0 aliphatic carbocycles. The fourth-order valence-electron chi connectivity index (χ4n) is 3.61. The molecule has 7 heteroatoms. The van der Waals surface area contributed by atoms with Crippen molar-refractivity contribution in [3.63, 3.8) is 0 Å². The predicted molar refractivity (Wildman–Crippen MR) is 107 cm³/mol. The van der Waals surface area contributed by atoms with E-state index in [1.54, 1.807) is 0 Å². The van der Waals surface area contributed by atoms with E-state index in [2.05, 4.69) is 26.1 Å². The maximum atomic E-state index is 12.8. The number of amides is 2. The summed E-state index contributed by atoms with van der Waals surface area (Å²) in [6.45, 7) is 9.32. The lowest BCUT2D eigenvalue weighted by Crippen LogP contribution is -2.45. The summed E-state index contributed by atoms with van der Waals surface area (Å²) in [7, 11) is 0. The van der Waals surface area contributed by atoms with Crippen LogP contribution in [0, 0.1) is 5.92 Å². The Morgan fingerprint density at radius 3 is 2.74 bits per heavy atom. The number of nitrogens with one attached hydrogen (secondary N) is 1. The number of carbonyl (C=O) groups excluding carboxylic acids is 2. The van der Waals surface area contributed by atoms with Crippen molar-refractivity contribution in [1.29, 1.82) is 0 Å². The van der Waals surface area contributed by atoms with Crippen LogP contribution in [-0.2, 0) is 19.9 Å². The summed E-state index contributed by atoms with van der Waals surface area (Å²) in [5.41, 5.74) is 0.532. The van der Waals surface area contributed by atoms with Gasteiger partial charge >= 0.3 is 0 Å². The SMILES string of the molecule is CC(C)(NC(=O)C1CC(=O)N(CCN2CCOCC2)C1)c1cccc(Br)c1. The van der Waals surface area contributed by atoms with Gasteiger partial charge in [-0.25, -0.2) is 0 Å². The Morgan fingerprint density at radius 1 is 1.30 bits per heavy atom. The molecule has 0 radical (unpaired) electrons. The minimum Gasteiger partial charge on any atom is -0.379 e. The third-order valence-electron chi connectivity index (χ3n) is 5.36. The number of ether oxygens (including phenoxy) is 1. The summed E-state index contributed by atoms with van der Waals surface area (Å²) in [5.74, 6) is -0.264. The number of hydrogen-bond donors (Lipinski definition) is 1. The average Bonchev–Trinajstić information content (AvgIpc) is 3.01. The molecule has 148 valence electrons. The predicted octanol–water partition coefficient (Wildman–Crippen LogP) is 1.98. The third kappa shape index (κ3) is 5.30. The van der Waals surface area contributed by atoms with Gasteiger partial charge in [0.2, 0.25) is 11.8 Å². The number of morpholine rings is 1. The zero-order valence-corrected chi connectivity index (χ0v) is 17.6. The van der Waals surface area contributed by atoms with Crippen LogP contribution >= 0.6 is 15.9 Å². The van der Waals surface area contributed by atoms with Crippen LogP contribution in [0.5, 0.6) is 0 Å². The summed E-state index contributed by atoms with van der Waals surface area (Å²) in [5, 5.41) is 3.12. The molecule has 6 nitrogen and oxygen atoms in total. The molecule has 2 heterocycles. The molecule has 0 saturated carbocycles. The molecular weight excluding hydrogens is 410 g/mol. The maximum Gasteiger partial charge on any atom is 0.226 e. The molecule has 1 aromatic carbocycles. The quantitative estimate of drug-likeness (QED) is 0.738. The van der Waals surface area contributed by atoms with Crippen LogP contribution in [-0.4, -0.2) is 67.6 Å². The smallest absolute Gasteiger partial charge is 0.226 e. The summed E-state index contributed by atoms with van der Waals surface area (Å²) in [4.78, 5) is 29.3. The maximum absolute atomic E-state index is 12.8. The fraction of sp³-hybridized carbons (Fsp3) is 0.600. The second kappa shape index (κ2) is 8.71. The van der Waals surface area contributed by atoms with Crippen molar-refractivity contribution in [2.75, 3.05) is 45.9 Å². The first-order valence-electron chi connectivity index (χ1n) is 9.51. The Balaban J connectivity index is 1.53. The van der Waals surface area contributed by atoms with Gasteiger partial charge in [0.15, 0.2) is 0 Å². The van der Waals surface area contributed by atoms with E-state index in [0.29, 0.717) is 19.5 Å². The summed E-state index contributed by atoms with van der Waals surface area (Å²) < 4.78 is 6.33. The van der Waals surface area contributed by atoms with Gasteiger partial charge in [-0.15, -0.1) is 0 Å². The van der Waals surface area contributed by atoms with E-state index in [0.717, 1.165) is 42.9 Å². The molecule has 2 aliphatic heterocycles. The van der Waals surface area contributed by atoms with Crippen LogP contribution in [0.1, 0.15) is 25.8 Å². The lowest BCUT2D eigenvalue weighted by Gasteiger charge is -2.29. The Kier molecular flexibility index (Phi) is 6.55. The average molecular weight is 438 g/mol. The highest BCUT2D eigenvalue weighted by Crippen LogP contribution is 2.25. The molecule has 1 atom stereocenters. The second-order valence-electron chi connectivity index (χ2n) is 7.82. The number of nitrogens with zero attached hydrogens (tertiary/aromatic N) is 2. The molecule has 0 aromatic heterocycles. The van der Waals surface area contributed by atoms with Gasteiger partial charge < -0.3 is 15.0 Å². The van der Waals surface area contributed by atoms with E-state index in [9.17, 15) is 9.59 Å². The molecule has 0 bridgehead atoms. The van der Waals surface area contributed by atoms with E-state index in [4.69, 9.17) is 4.74 Å². The van der Waals surface area contributed by atoms with Gasteiger partial charge in [0.1, 0.15) is 0 Å². The minimum absolute atomic E-state index is 0.0535. The van der Waals surface area contributed by atoms with Crippen molar-refractivity contribution in [1.82, 2.24) is 15.1 Å². The van der Waals surface area contributed by atoms with Gasteiger partial charge in [-0.3, -0.25) is 14.5 Å². The van der Waals surface area contributed by atoms with Crippen molar-refractivity contribution >= 4 is 27.7 Å². The number of carbonyl (C=O) groups is 2. The van der Waals surface area contributed by atoms with Crippen LogP contribution in [0.15, 0.2) is 28.7 Å². The summed E-state index contributed by atoms with van der Waals surface area (Å²) in [6.07, 6.45) is 0.295. The standard InChI is InChI=1S/C20H28BrN3O3/c1-20(2,16-4-3-5-17(21)13-16)22-19(26)15-12-18(25)24(14-15)7-6-23-8-10-27-11-9-23/h3-5,13,15H,6-12,14H2,1-2H3,(H,22,26). The molecule has 1 N–H and O–H groups in total. The summed E-state index contributed by atoms with van der Waals surface area (Å²) in [6, 6.07) is 7.93. The largest absolute Gasteiger partial charge is 0.379 e. The monoisotopic (exact) mass is 437 g/mol. The van der Waals surface area contributed by atoms with E-state index < -0.39 is 5.54 Å². The van der Waals surface area contributed by atoms with Crippen LogP contribution in [0.2, 0.25) is 0 Å². The van der Waals surface area contributed by atoms with Crippen molar-refractivity contribution in [3.05, 3.63) is 34.3 Å². The molecule has 2 fully saturated rings. The Labute approximate surface area is 169 Å². The number of rotatable bonds is 6. The molecule has 1 aromatic rings. The topological polar surface area (TPSA) is 61.9 Å². The zero-order valence-electron chi connectivity index (χ0n) is 16.0. The summed E-state index contributed by atoms with van der Waals surface area (Å²) >= 11 is 3.48. The van der Waals surface area contributed by atoms with Gasteiger partial charge in [0, 0.05) is 43.6 Å². The van der Waals surface area contributed by atoms with E-state index >= 15 is 0 Å².